The molecule has 4 heterocycles. The van der Waals surface area contributed by atoms with Gasteiger partial charge in [0.1, 0.15) is 12.3 Å². The summed E-state index contributed by atoms with van der Waals surface area (Å²) >= 11 is 0. The van der Waals surface area contributed by atoms with Crippen LogP contribution in [0.5, 0.6) is 0 Å². The first kappa shape index (κ1) is 23.4. The largest absolute Gasteiger partial charge is 0.457 e. The van der Waals surface area contributed by atoms with Crippen LogP contribution < -0.4 is 11.0 Å². The summed E-state index contributed by atoms with van der Waals surface area (Å²) in [5, 5.41) is 3.65. The van der Waals surface area contributed by atoms with Crippen molar-refractivity contribution in [1.82, 2.24) is 24.3 Å². The molecule has 0 aliphatic carbocycles. The Labute approximate surface area is 201 Å². The summed E-state index contributed by atoms with van der Waals surface area (Å²) in [6.45, 7) is 6.46. The number of nitrogens with one attached hydrogen (secondary N) is 1. The first-order chi connectivity index (χ1) is 16.7. The Morgan fingerprint density at radius 2 is 2.03 bits per heavy atom. The molecule has 1 aromatic carbocycles. The van der Waals surface area contributed by atoms with Gasteiger partial charge in [-0.25, -0.2) is 18.4 Å². The minimum atomic E-state index is -2.71. The second-order valence-electron chi connectivity index (χ2n) is 9.27. The van der Waals surface area contributed by atoms with Crippen molar-refractivity contribution in [3.63, 3.8) is 0 Å². The van der Waals surface area contributed by atoms with Gasteiger partial charge in [-0.3, -0.25) is 19.0 Å². The van der Waals surface area contributed by atoms with Gasteiger partial charge in [-0.2, -0.15) is 0 Å². The van der Waals surface area contributed by atoms with Gasteiger partial charge in [-0.15, -0.1) is 0 Å². The van der Waals surface area contributed by atoms with Crippen LogP contribution in [0, 0.1) is 6.92 Å². The molecule has 8 nitrogen and oxygen atoms in total. The standard InChI is InChI=1S/C25H27F2N5O3/c1-14-9-31(12-22(29-14)18-4-5-19-20(15(18)2)13-35-24(19)33)10-17-11-32(25(34)30(17)3)16-6-7-28-21(8-16)23(26)27/h4-8,11,14,22-23,29H,9-10,12-13H2,1-3H3/t14-,22?/m0/s1. The Morgan fingerprint density at radius 3 is 2.80 bits per heavy atom. The third kappa shape index (κ3) is 4.28. The molecule has 1 fully saturated rings. The van der Waals surface area contributed by atoms with Crippen LogP contribution in [0.1, 0.15) is 57.8 Å². The maximum Gasteiger partial charge on any atom is 0.338 e. The van der Waals surface area contributed by atoms with Crippen molar-refractivity contribution in [2.24, 2.45) is 7.05 Å². The van der Waals surface area contributed by atoms with E-state index in [4.69, 9.17) is 4.74 Å². The number of aromatic nitrogens is 3. The molecule has 1 unspecified atom stereocenters. The number of fused-ring (bicyclic) bond motifs is 1. The van der Waals surface area contributed by atoms with Gasteiger partial charge in [0, 0.05) is 56.7 Å². The van der Waals surface area contributed by atoms with E-state index in [1.807, 2.05) is 19.1 Å². The molecule has 0 radical (unpaired) electrons. The van der Waals surface area contributed by atoms with Gasteiger partial charge in [0.25, 0.3) is 6.43 Å². The van der Waals surface area contributed by atoms with E-state index in [1.54, 1.807) is 23.9 Å². The molecule has 2 aromatic heterocycles. The fraction of sp³-hybridized carbons (Fsp3) is 0.400. The molecule has 184 valence electrons. The first-order valence-corrected chi connectivity index (χ1v) is 11.5. The lowest BCUT2D eigenvalue weighted by molar-refractivity contribution is 0.0535. The Hall–Kier alpha value is -3.37. The number of hydrogen-bond donors (Lipinski definition) is 1. The topological polar surface area (TPSA) is 81.4 Å². The number of esters is 1. The molecule has 0 saturated carbocycles. The van der Waals surface area contributed by atoms with Gasteiger partial charge in [0.15, 0.2) is 0 Å². The number of halogens is 2. The van der Waals surface area contributed by atoms with E-state index >= 15 is 0 Å². The van der Waals surface area contributed by atoms with Crippen molar-refractivity contribution in [1.29, 1.82) is 0 Å². The zero-order valence-electron chi connectivity index (χ0n) is 19.8. The molecule has 35 heavy (non-hydrogen) atoms. The Kier molecular flexibility index (Phi) is 6.02. The SMILES string of the molecule is Cc1c(C2CN(Cc3cn(-c4ccnc(C(F)F)c4)c(=O)n3C)C[C@H](C)N2)ccc2c1COC2=O. The molecular weight excluding hydrogens is 456 g/mol. The van der Waals surface area contributed by atoms with E-state index in [0.29, 0.717) is 30.9 Å². The average molecular weight is 484 g/mol. The number of imidazole rings is 1. The molecule has 2 aliphatic rings. The predicted molar refractivity (Wildman–Crippen MR) is 125 cm³/mol. The van der Waals surface area contributed by atoms with Gasteiger partial charge in [0.2, 0.25) is 0 Å². The van der Waals surface area contributed by atoms with E-state index in [0.717, 1.165) is 28.9 Å². The lowest BCUT2D eigenvalue weighted by Gasteiger charge is -2.38. The van der Waals surface area contributed by atoms with Crippen LogP contribution in [0.15, 0.2) is 41.5 Å². The third-order valence-electron chi connectivity index (χ3n) is 6.90. The van der Waals surface area contributed by atoms with Gasteiger partial charge >= 0.3 is 11.7 Å². The smallest absolute Gasteiger partial charge is 0.338 e. The molecule has 5 rings (SSSR count). The molecule has 1 N–H and O–H groups in total. The van der Waals surface area contributed by atoms with Crippen LogP contribution in [-0.4, -0.2) is 44.1 Å². The van der Waals surface area contributed by atoms with Crippen molar-refractivity contribution in [3.05, 3.63) is 80.8 Å². The highest BCUT2D eigenvalue weighted by molar-refractivity contribution is 5.94. The number of carbonyl (C=O) groups is 1. The quantitative estimate of drug-likeness (QED) is 0.562. The van der Waals surface area contributed by atoms with E-state index < -0.39 is 6.43 Å². The summed E-state index contributed by atoms with van der Waals surface area (Å²) in [5.74, 6) is -0.276. The van der Waals surface area contributed by atoms with Crippen LogP contribution >= 0.6 is 0 Å². The average Bonchev–Trinajstić information content (AvgIpc) is 3.34. The number of pyridine rings is 1. The van der Waals surface area contributed by atoms with Crippen molar-refractivity contribution in [2.45, 2.75) is 45.5 Å². The second-order valence-corrected chi connectivity index (χ2v) is 9.27. The van der Waals surface area contributed by atoms with Gasteiger partial charge in [0.05, 0.1) is 16.9 Å². The van der Waals surface area contributed by atoms with Gasteiger partial charge in [-0.1, -0.05) is 6.07 Å². The Morgan fingerprint density at radius 1 is 1.23 bits per heavy atom. The van der Waals surface area contributed by atoms with E-state index in [2.05, 4.69) is 22.1 Å². The van der Waals surface area contributed by atoms with Crippen molar-refractivity contribution >= 4 is 5.97 Å². The molecular formula is C25H27F2N5O3. The number of nitrogens with zero attached hydrogens (tertiary/aromatic N) is 4. The highest BCUT2D eigenvalue weighted by Gasteiger charge is 2.30. The van der Waals surface area contributed by atoms with Gasteiger partial charge < -0.3 is 10.1 Å². The molecule has 1 saturated heterocycles. The van der Waals surface area contributed by atoms with Crippen LogP contribution in [-0.2, 0) is 24.9 Å². The summed E-state index contributed by atoms with van der Waals surface area (Å²) in [5.41, 5.74) is 4.24. The minimum Gasteiger partial charge on any atom is -0.457 e. The molecule has 10 heteroatoms. The zero-order chi connectivity index (χ0) is 24.9. The van der Waals surface area contributed by atoms with E-state index in [9.17, 15) is 18.4 Å². The highest BCUT2D eigenvalue weighted by atomic mass is 19.3. The lowest BCUT2D eigenvalue weighted by Crippen LogP contribution is -2.51. The van der Waals surface area contributed by atoms with Crippen molar-refractivity contribution < 1.29 is 18.3 Å². The van der Waals surface area contributed by atoms with Crippen molar-refractivity contribution in [2.75, 3.05) is 13.1 Å². The van der Waals surface area contributed by atoms with Gasteiger partial charge in [-0.05, 0) is 43.2 Å². The van der Waals surface area contributed by atoms with Crippen LogP contribution in [0.3, 0.4) is 0 Å². The monoisotopic (exact) mass is 483 g/mol. The summed E-state index contributed by atoms with van der Waals surface area (Å²) < 4.78 is 34.3. The Balaban J connectivity index is 1.39. The number of cyclic esters (lactones) is 1. The number of rotatable bonds is 5. The second kappa shape index (κ2) is 9.01. The number of benzene rings is 1. The Bertz CT molecular complexity index is 1350. The summed E-state index contributed by atoms with van der Waals surface area (Å²) in [4.78, 5) is 30.8. The van der Waals surface area contributed by atoms with E-state index in [1.165, 1.54) is 16.8 Å². The first-order valence-electron chi connectivity index (χ1n) is 11.5. The molecule has 2 aliphatic heterocycles. The normalized spacial score (nSPS) is 20.3. The zero-order valence-corrected chi connectivity index (χ0v) is 19.8. The molecule has 3 aromatic rings. The number of ether oxygens (including phenoxy) is 1. The lowest BCUT2D eigenvalue weighted by atomic mass is 9.92. The van der Waals surface area contributed by atoms with E-state index in [-0.39, 0.29) is 29.4 Å². The summed E-state index contributed by atoms with van der Waals surface area (Å²) in [6, 6.07) is 6.87. The van der Waals surface area contributed by atoms with Crippen LogP contribution in [0.25, 0.3) is 5.69 Å². The molecule has 0 amide bonds. The maximum atomic E-state index is 13.1. The number of hydrogen-bond acceptors (Lipinski definition) is 6. The third-order valence-corrected chi connectivity index (χ3v) is 6.90. The summed E-state index contributed by atoms with van der Waals surface area (Å²) in [6.07, 6.45) is 0.286. The fourth-order valence-corrected chi connectivity index (χ4v) is 5.07. The molecule has 2 atom stereocenters. The summed E-state index contributed by atoms with van der Waals surface area (Å²) in [7, 11) is 1.69. The molecule has 0 spiro atoms. The number of piperazine rings is 1. The minimum absolute atomic E-state index is 0.0488. The molecule has 0 bridgehead atoms. The highest BCUT2D eigenvalue weighted by Crippen LogP contribution is 2.31. The maximum absolute atomic E-state index is 13.1. The van der Waals surface area contributed by atoms with Crippen LogP contribution in [0.2, 0.25) is 0 Å². The predicted octanol–water partition coefficient (Wildman–Crippen LogP) is 3.02. The number of alkyl halides is 2. The number of carbonyl (C=O) groups excluding carboxylic acids is 1. The van der Waals surface area contributed by atoms with Crippen LogP contribution in [0.4, 0.5) is 8.78 Å². The fourth-order valence-electron chi connectivity index (χ4n) is 5.07. The van der Waals surface area contributed by atoms with Crippen molar-refractivity contribution in [3.8, 4) is 5.69 Å².